The van der Waals surface area contributed by atoms with E-state index in [9.17, 15) is 0 Å². The van der Waals surface area contributed by atoms with Crippen LogP contribution in [-0.2, 0) is 0 Å². The van der Waals surface area contributed by atoms with Crippen LogP contribution < -0.4 is 0 Å². The standard InChI is InChI=1S/Ca.ClH.H2O.Sr.4H/h;1H;1H2;;;;;/q+2;;;+2;4*-1. The van der Waals surface area contributed by atoms with E-state index in [-0.39, 0.29) is 107 Å². The second-order valence-corrected chi connectivity index (χ2v) is 0. The molecule has 4 heavy (non-hydrogen) atoms. The first kappa shape index (κ1) is 28.1. The molecule has 0 aromatic carbocycles. The largest absolute Gasteiger partial charge is 2.00 e. The molecule has 0 heterocycles. The van der Waals surface area contributed by atoms with E-state index in [2.05, 4.69) is 0 Å². The Morgan fingerprint density at radius 2 is 1.25 bits per heavy atom. The van der Waals surface area contributed by atoms with Gasteiger partial charge in [0.2, 0.25) is 0 Å². The molecule has 0 spiro atoms. The smallest absolute Gasteiger partial charge is 1.00 e. The Labute approximate surface area is 104 Å². The summed E-state index contributed by atoms with van der Waals surface area (Å²) in [6.07, 6.45) is 0. The van der Waals surface area contributed by atoms with Crippen molar-refractivity contribution in [1.82, 2.24) is 0 Å². The molecular weight excluding hydrogens is 179 g/mol. The van der Waals surface area contributed by atoms with Gasteiger partial charge < -0.3 is 11.2 Å². The third kappa shape index (κ3) is 8.89. The van der Waals surface area contributed by atoms with Crippen LogP contribution in [0.2, 0.25) is 0 Å². The Balaban J connectivity index is 0. The zero-order valence-electron chi connectivity index (χ0n) is 6.32. The zero-order chi connectivity index (χ0) is 0. The number of rotatable bonds is 0. The van der Waals surface area contributed by atoms with E-state index < -0.39 is 0 Å². The fourth-order valence-corrected chi connectivity index (χ4v) is 0. The van der Waals surface area contributed by atoms with Gasteiger partial charge >= 0.3 is 83.2 Å². The van der Waals surface area contributed by atoms with E-state index in [1.807, 2.05) is 0 Å². The van der Waals surface area contributed by atoms with Gasteiger partial charge in [-0.15, -0.1) is 12.4 Å². The van der Waals surface area contributed by atoms with Crippen LogP contribution in [0.5, 0.6) is 0 Å². The van der Waals surface area contributed by atoms with Crippen molar-refractivity contribution in [3.8, 4) is 0 Å². The Morgan fingerprint density at radius 3 is 1.25 bits per heavy atom. The summed E-state index contributed by atoms with van der Waals surface area (Å²) < 4.78 is 0. The first-order valence-corrected chi connectivity index (χ1v) is 0. The van der Waals surface area contributed by atoms with Gasteiger partial charge in [0, 0.05) is 0 Å². The summed E-state index contributed by atoms with van der Waals surface area (Å²) in [6.45, 7) is 0. The molecule has 0 amide bonds. The summed E-state index contributed by atoms with van der Waals surface area (Å²) >= 11 is 0. The van der Waals surface area contributed by atoms with Crippen molar-refractivity contribution in [2.45, 2.75) is 0 Å². The number of hydrogen-bond acceptors (Lipinski definition) is 0. The van der Waals surface area contributed by atoms with Gasteiger partial charge in [-0.3, -0.25) is 0 Å². The Bertz CT molecular complexity index is 16.0. The Kier molecular flexibility index (Phi) is 117. The molecule has 1 nitrogen and oxygen atoms in total. The molecule has 0 aromatic rings. The summed E-state index contributed by atoms with van der Waals surface area (Å²) in [7, 11) is 0. The van der Waals surface area contributed by atoms with Crippen LogP contribution in [0.3, 0.4) is 0 Å². The van der Waals surface area contributed by atoms with Gasteiger partial charge in [0.1, 0.15) is 0 Å². The van der Waals surface area contributed by atoms with E-state index in [0.717, 1.165) is 0 Å². The second kappa shape index (κ2) is 16.7. The molecule has 0 atom stereocenters. The van der Waals surface area contributed by atoms with Gasteiger partial charge in [-0.25, -0.2) is 0 Å². The van der Waals surface area contributed by atoms with Crippen LogP contribution >= 0.6 is 12.4 Å². The summed E-state index contributed by atoms with van der Waals surface area (Å²) in [6, 6.07) is 0. The van der Waals surface area contributed by atoms with Crippen molar-refractivity contribution in [3.05, 3.63) is 0 Å². The second-order valence-electron chi connectivity index (χ2n) is 0. The SMILES string of the molecule is Cl.O.[Ca+2].[H-].[H-].[H-].[H-].[Sr+2]. The maximum absolute atomic E-state index is 0. The van der Waals surface area contributed by atoms with Gasteiger partial charge in [0.25, 0.3) is 0 Å². The molecule has 0 saturated heterocycles. The van der Waals surface area contributed by atoms with Crippen molar-refractivity contribution in [1.29, 1.82) is 0 Å². The predicted molar refractivity (Wildman–Crippen MR) is 26.8 cm³/mol. The van der Waals surface area contributed by atoms with Crippen molar-refractivity contribution in [3.63, 3.8) is 0 Å². The molecule has 0 bridgehead atoms. The van der Waals surface area contributed by atoms with Gasteiger partial charge in [-0.05, 0) is 0 Å². The van der Waals surface area contributed by atoms with Gasteiger partial charge in [0.05, 0.1) is 0 Å². The molecule has 0 aromatic heterocycles. The minimum Gasteiger partial charge on any atom is -1.00 e. The van der Waals surface area contributed by atoms with Gasteiger partial charge in [-0.2, -0.15) is 0 Å². The molecule has 0 radical (unpaired) electrons. The quantitative estimate of drug-likeness (QED) is 0.447. The summed E-state index contributed by atoms with van der Waals surface area (Å²) in [5.74, 6) is 0. The van der Waals surface area contributed by atoms with Crippen molar-refractivity contribution in [2.24, 2.45) is 0 Å². The van der Waals surface area contributed by atoms with E-state index in [1.54, 1.807) is 0 Å². The molecule has 4 heteroatoms. The average Bonchev–Trinajstić information content (AvgIpc) is 0. The van der Waals surface area contributed by atoms with Crippen LogP contribution in [0.25, 0.3) is 0 Å². The molecule has 0 fully saturated rings. The third-order valence-electron chi connectivity index (χ3n) is 0. The average molecular weight is 186 g/mol. The van der Waals surface area contributed by atoms with E-state index in [4.69, 9.17) is 0 Å². The normalized spacial score (nSPS) is 0. The first-order chi connectivity index (χ1) is 0. The molecule has 0 unspecified atom stereocenters. The molecule has 0 aliphatic carbocycles. The molecule has 24 valence electrons. The molecule has 0 aliphatic rings. The number of halogens is 1. The van der Waals surface area contributed by atoms with Crippen LogP contribution in [-0.4, -0.2) is 88.7 Å². The molecule has 0 aliphatic heterocycles. The van der Waals surface area contributed by atoms with Crippen molar-refractivity contribution < 1.29 is 11.2 Å². The minimum atomic E-state index is 0. The van der Waals surface area contributed by atoms with E-state index in [0.29, 0.717) is 0 Å². The van der Waals surface area contributed by atoms with Crippen LogP contribution in [0.15, 0.2) is 0 Å². The van der Waals surface area contributed by atoms with Crippen molar-refractivity contribution in [2.75, 3.05) is 0 Å². The van der Waals surface area contributed by atoms with Crippen molar-refractivity contribution >= 4 is 95.6 Å². The summed E-state index contributed by atoms with van der Waals surface area (Å²) in [4.78, 5) is 0. The maximum atomic E-state index is 0. The summed E-state index contributed by atoms with van der Waals surface area (Å²) in [5, 5.41) is 0. The van der Waals surface area contributed by atoms with Crippen LogP contribution in [0.4, 0.5) is 0 Å². The summed E-state index contributed by atoms with van der Waals surface area (Å²) in [5.41, 5.74) is 0. The molecule has 0 rings (SSSR count). The maximum Gasteiger partial charge on any atom is 2.00 e. The van der Waals surface area contributed by atoms with E-state index in [1.165, 1.54) is 0 Å². The van der Waals surface area contributed by atoms with Crippen LogP contribution in [0.1, 0.15) is 5.71 Å². The van der Waals surface area contributed by atoms with Gasteiger partial charge in [0.15, 0.2) is 0 Å². The Morgan fingerprint density at radius 1 is 1.25 bits per heavy atom. The van der Waals surface area contributed by atoms with Crippen LogP contribution in [0, 0.1) is 0 Å². The molecular formula is H7CaClOSr. The minimum absolute atomic E-state index is 0. The molecule has 2 N–H and O–H groups in total. The van der Waals surface area contributed by atoms with Gasteiger partial charge in [-0.1, -0.05) is 0 Å². The molecule has 0 saturated carbocycles. The topological polar surface area (TPSA) is 31.5 Å². The zero-order valence-corrected chi connectivity index (χ0v) is 8.82. The fraction of sp³-hybridized carbons (Fsp3) is 0. The first-order valence-electron chi connectivity index (χ1n) is 0. The monoisotopic (exact) mass is 186 g/mol. The predicted octanol–water partition coefficient (Wildman–Crippen LogP) is -0.715. The fourth-order valence-electron chi connectivity index (χ4n) is 0. The number of hydrogen-bond donors (Lipinski definition) is 0. The Hall–Kier alpha value is 2.99. The third-order valence-corrected chi connectivity index (χ3v) is 0. The van der Waals surface area contributed by atoms with E-state index >= 15 is 0 Å².